The smallest absolute Gasteiger partial charge is 0.294 e. The van der Waals surface area contributed by atoms with Crippen LogP contribution in [-0.4, -0.2) is 21.3 Å². The van der Waals surface area contributed by atoms with Gasteiger partial charge in [0.05, 0.1) is 5.52 Å². The Morgan fingerprint density at radius 2 is 1.80 bits per heavy atom. The average molecular weight is 405 g/mol. The van der Waals surface area contributed by atoms with Crippen molar-refractivity contribution in [3.63, 3.8) is 0 Å². The van der Waals surface area contributed by atoms with Crippen molar-refractivity contribution >= 4 is 46.3 Å². The molecule has 1 aromatic carbocycles. The van der Waals surface area contributed by atoms with E-state index in [2.05, 4.69) is 4.98 Å². The number of benzene rings is 1. The van der Waals surface area contributed by atoms with Gasteiger partial charge in [-0.25, -0.2) is 4.98 Å². The van der Waals surface area contributed by atoms with Crippen molar-refractivity contribution in [1.29, 1.82) is 0 Å². The zero-order chi connectivity index (χ0) is 18.2. The Hall–Kier alpha value is -1.70. The van der Waals surface area contributed by atoms with E-state index in [4.69, 9.17) is 23.2 Å². The number of alkyl halides is 3. The Balaban J connectivity index is 1.99. The lowest BCUT2D eigenvalue weighted by molar-refractivity contribution is -0.0887. The lowest BCUT2D eigenvalue weighted by atomic mass is 10.2. The summed E-state index contributed by atoms with van der Waals surface area (Å²) in [5, 5.41) is 1.15. The molecule has 2 heterocycles. The molecule has 0 radical (unpaired) electrons. The third-order valence-corrected chi connectivity index (χ3v) is 5.08. The standard InChI is InChI=1S/C16H9Cl2F3N2OS/c17-10-4-3-5-11(18)9(10)8-25-15-22-13(14(24)16(19,20)21)12-6-1-2-7-23(12)15/h1-7H,8H2. The van der Waals surface area contributed by atoms with Crippen LogP contribution in [0.3, 0.4) is 0 Å². The maximum absolute atomic E-state index is 12.8. The summed E-state index contributed by atoms with van der Waals surface area (Å²) in [6.45, 7) is 0. The number of fused-ring (bicyclic) bond motifs is 1. The van der Waals surface area contributed by atoms with Gasteiger partial charge in [-0.1, -0.05) is 47.1 Å². The SMILES string of the molecule is O=C(c1nc(SCc2c(Cl)cccc2Cl)n2ccccc12)C(F)(F)F. The van der Waals surface area contributed by atoms with Gasteiger partial charge < -0.3 is 0 Å². The van der Waals surface area contributed by atoms with Crippen LogP contribution in [0, 0.1) is 0 Å². The molecule has 0 aliphatic heterocycles. The van der Waals surface area contributed by atoms with Gasteiger partial charge in [0, 0.05) is 22.0 Å². The normalized spacial score (nSPS) is 11.9. The van der Waals surface area contributed by atoms with E-state index in [1.807, 2.05) is 0 Å². The van der Waals surface area contributed by atoms with Crippen molar-refractivity contribution < 1.29 is 18.0 Å². The minimum Gasteiger partial charge on any atom is -0.294 e. The number of thioether (sulfide) groups is 1. The quantitative estimate of drug-likeness (QED) is 0.414. The number of halogens is 5. The highest BCUT2D eigenvalue weighted by molar-refractivity contribution is 7.98. The Bertz CT molecular complexity index is 936. The van der Waals surface area contributed by atoms with Crippen molar-refractivity contribution in [2.45, 2.75) is 17.1 Å². The van der Waals surface area contributed by atoms with Crippen molar-refractivity contribution in [3.05, 3.63) is 63.9 Å². The Morgan fingerprint density at radius 1 is 1.12 bits per heavy atom. The van der Waals surface area contributed by atoms with Gasteiger partial charge in [0.15, 0.2) is 5.16 Å². The third-order valence-electron chi connectivity index (χ3n) is 3.40. The van der Waals surface area contributed by atoms with Gasteiger partial charge in [0.2, 0.25) is 0 Å². The minimum absolute atomic E-state index is 0.0950. The van der Waals surface area contributed by atoms with Crippen LogP contribution in [0.2, 0.25) is 10.0 Å². The summed E-state index contributed by atoms with van der Waals surface area (Å²) in [5.41, 5.74) is 0.116. The Kier molecular flexibility index (Phi) is 4.99. The molecular formula is C16H9Cl2F3N2OS. The van der Waals surface area contributed by atoms with E-state index in [1.165, 1.54) is 10.5 Å². The highest BCUT2D eigenvalue weighted by Crippen LogP contribution is 2.33. The molecule has 3 rings (SSSR count). The molecule has 0 aliphatic carbocycles. The molecule has 0 spiro atoms. The summed E-state index contributed by atoms with van der Waals surface area (Å²) >= 11 is 13.3. The highest BCUT2D eigenvalue weighted by Gasteiger charge is 2.42. The second-order valence-corrected chi connectivity index (χ2v) is 6.77. The molecule has 0 saturated heterocycles. The molecule has 0 N–H and O–H groups in total. The van der Waals surface area contributed by atoms with E-state index in [9.17, 15) is 18.0 Å². The number of carbonyl (C=O) groups is 1. The third kappa shape index (κ3) is 3.63. The topological polar surface area (TPSA) is 34.4 Å². The fraction of sp³-hybridized carbons (Fsp3) is 0.125. The number of Topliss-reactive ketones (excluding diaryl/α,β-unsaturated/α-hetero) is 1. The Morgan fingerprint density at radius 3 is 2.44 bits per heavy atom. The molecule has 25 heavy (non-hydrogen) atoms. The van der Waals surface area contributed by atoms with Gasteiger partial charge in [-0.15, -0.1) is 0 Å². The maximum atomic E-state index is 12.8. The molecule has 0 amide bonds. The number of imidazole rings is 1. The predicted molar refractivity (Wildman–Crippen MR) is 91.6 cm³/mol. The summed E-state index contributed by atoms with van der Waals surface area (Å²) in [5.74, 6) is -1.68. The summed E-state index contributed by atoms with van der Waals surface area (Å²) in [6.07, 6.45) is -3.44. The molecule has 0 unspecified atom stereocenters. The molecule has 0 aliphatic rings. The van der Waals surface area contributed by atoms with Crippen molar-refractivity contribution in [1.82, 2.24) is 9.38 Å². The second kappa shape index (κ2) is 6.90. The van der Waals surface area contributed by atoms with Crippen LogP contribution in [0.5, 0.6) is 0 Å². The summed E-state index contributed by atoms with van der Waals surface area (Å²) in [4.78, 5) is 15.5. The summed E-state index contributed by atoms with van der Waals surface area (Å²) in [7, 11) is 0. The monoisotopic (exact) mass is 404 g/mol. The number of carbonyl (C=O) groups excluding carboxylic acids is 1. The van der Waals surface area contributed by atoms with E-state index < -0.39 is 17.7 Å². The number of nitrogens with zero attached hydrogens (tertiary/aromatic N) is 2. The number of pyridine rings is 1. The van der Waals surface area contributed by atoms with E-state index in [0.29, 0.717) is 21.4 Å². The summed E-state index contributed by atoms with van der Waals surface area (Å²) in [6, 6.07) is 9.65. The molecule has 0 atom stereocenters. The largest absolute Gasteiger partial charge is 0.456 e. The van der Waals surface area contributed by atoms with Gasteiger partial charge in [0.25, 0.3) is 5.78 Å². The molecule has 2 aromatic heterocycles. The summed E-state index contributed by atoms with van der Waals surface area (Å²) < 4.78 is 39.8. The van der Waals surface area contributed by atoms with Crippen LogP contribution < -0.4 is 0 Å². The fourth-order valence-corrected chi connectivity index (χ4v) is 3.95. The lowest BCUT2D eigenvalue weighted by Crippen LogP contribution is -2.23. The van der Waals surface area contributed by atoms with E-state index >= 15 is 0 Å². The van der Waals surface area contributed by atoms with Crippen LogP contribution in [0.1, 0.15) is 16.1 Å². The van der Waals surface area contributed by atoms with Gasteiger partial charge in [-0.05, 0) is 29.8 Å². The van der Waals surface area contributed by atoms with Crippen LogP contribution in [-0.2, 0) is 5.75 Å². The molecule has 9 heteroatoms. The number of hydrogen-bond acceptors (Lipinski definition) is 3. The predicted octanol–water partition coefficient (Wildman–Crippen LogP) is 5.68. The minimum atomic E-state index is -4.99. The second-order valence-electron chi connectivity index (χ2n) is 5.01. The van der Waals surface area contributed by atoms with Crippen molar-refractivity contribution in [2.75, 3.05) is 0 Å². The molecule has 3 aromatic rings. The Labute approximate surface area is 154 Å². The van der Waals surface area contributed by atoms with Crippen LogP contribution in [0.25, 0.3) is 5.52 Å². The van der Waals surface area contributed by atoms with Crippen LogP contribution >= 0.6 is 35.0 Å². The maximum Gasteiger partial charge on any atom is 0.456 e. The number of hydrogen-bond donors (Lipinski definition) is 0. The lowest BCUT2D eigenvalue weighted by Gasteiger charge is -2.06. The number of ketones is 1. The molecular weight excluding hydrogens is 396 g/mol. The van der Waals surface area contributed by atoms with Gasteiger partial charge >= 0.3 is 6.18 Å². The first kappa shape index (κ1) is 18.1. The van der Waals surface area contributed by atoms with Crippen LogP contribution in [0.4, 0.5) is 13.2 Å². The van der Waals surface area contributed by atoms with Gasteiger partial charge in [-0.3, -0.25) is 9.20 Å². The zero-order valence-corrected chi connectivity index (χ0v) is 14.7. The molecule has 130 valence electrons. The average Bonchev–Trinajstić information content (AvgIpc) is 2.92. The molecule has 0 saturated carbocycles. The van der Waals surface area contributed by atoms with Crippen molar-refractivity contribution in [2.24, 2.45) is 0 Å². The van der Waals surface area contributed by atoms with Gasteiger partial charge in [0.1, 0.15) is 5.69 Å². The van der Waals surface area contributed by atoms with E-state index in [1.54, 1.807) is 36.5 Å². The van der Waals surface area contributed by atoms with E-state index in [0.717, 1.165) is 11.8 Å². The fourth-order valence-electron chi connectivity index (χ4n) is 2.22. The van der Waals surface area contributed by atoms with Gasteiger partial charge in [-0.2, -0.15) is 13.2 Å². The number of aromatic nitrogens is 2. The number of rotatable bonds is 4. The molecule has 0 fully saturated rings. The first-order valence-electron chi connectivity index (χ1n) is 6.93. The first-order chi connectivity index (χ1) is 11.8. The van der Waals surface area contributed by atoms with Crippen molar-refractivity contribution in [3.8, 4) is 0 Å². The highest BCUT2D eigenvalue weighted by atomic mass is 35.5. The van der Waals surface area contributed by atoms with E-state index in [-0.39, 0.29) is 10.7 Å². The van der Waals surface area contributed by atoms with Crippen LogP contribution in [0.15, 0.2) is 47.8 Å². The molecule has 3 nitrogen and oxygen atoms in total. The zero-order valence-electron chi connectivity index (χ0n) is 12.3. The molecule has 0 bridgehead atoms. The first-order valence-corrected chi connectivity index (χ1v) is 8.67.